The predicted octanol–water partition coefficient (Wildman–Crippen LogP) is 13.3. The molecule has 4 unspecified atom stereocenters. The number of hydrogen-bond donors (Lipinski definition) is 0. The van der Waals surface area contributed by atoms with Crippen LogP contribution in [0.1, 0.15) is 205 Å². The fourth-order valence-electron chi connectivity index (χ4n) is 7.24. The maximum atomic E-state index is 12.3. The zero-order valence-corrected chi connectivity index (χ0v) is 35.3. The van der Waals surface area contributed by atoms with Crippen molar-refractivity contribution in [2.45, 2.75) is 207 Å². The van der Waals surface area contributed by atoms with Crippen LogP contribution in [0, 0.1) is 69.0 Å². The Morgan fingerprint density at radius 1 is 0.429 bits per heavy atom. The van der Waals surface area contributed by atoms with E-state index in [1.165, 1.54) is 51.4 Å². The molecule has 0 aliphatic rings. The third-order valence-electron chi connectivity index (χ3n) is 11.0. The number of benzene rings is 1. The van der Waals surface area contributed by atoms with Gasteiger partial charge in [0.05, 0.1) is 47.9 Å². The Balaban J connectivity index is 2.12. The van der Waals surface area contributed by atoms with Crippen LogP contribution in [0.15, 0.2) is 24.3 Å². The molecule has 0 bridgehead atoms. The first-order chi connectivity index (χ1) is 27.4. The normalized spacial score (nSPS) is 13.0. The molecule has 56 heavy (non-hydrogen) atoms. The van der Waals surface area contributed by atoms with Gasteiger partial charge in [0.15, 0.2) is 0 Å². The minimum Gasteiger partial charge on any atom is -0.461 e. The summed E-state index contributed by atoms with van der Waals surface area (Å²) in [5.41, 5.74) is 1.77. The van der Waals surface area contributed by atoms with Crippen molar-refractivity contribution in [3.05, 3.63) is 35.4 Å². The topological polar surface area (TPSA) is 148 Å². The van der Waals surface area contributed by atoms with Gasteiger partial charge in [0.1, 0.15) is 13.2 Å². The first-order valence-electron chi connectivity index (χ1n) is 22.4. The summed E-state index contributed by atoms with van der Waals surface area (Å²) in [4.78, 5) is 24.6. The molecule has 4 atom stereocenters. The van der Waals surface area contributed by atoms with Crippen molar-refractivity contribution in [1.82, 2.24) is 0 Å². The molecular formula is C48H74N4O4. The number of carbonyl (C=O) groups excluding carboxylic acids is 2. The van der Waals surface area contributed by atoms with E-state index in [-0.39, 0.29) is 48.8 Å². The van der Waals surface area contributed by atoms with Gasteiger partial charge >= 0.3 is 11.9 Å². The van der Waals surface area contributed by atoms with Crippen LogP contribution in [-0.4, -0.2) is 11.9 Å². The van der Waals surface area contributed by atoms with Gasteiger partial charge in [0, 0.05) is 12.8 Å². The van der Waals surface area contributed by atoms with Gasteiger partial charge in [-0.05, 0) is 49.7 Å². The molecule has 0 spiro atoms. The van der Waals surface area contributed by atoms with Crippen molar-refractivity contribution >= 4 is 11.9 Å². The van der Waals surface area contributed by atoms with E-state index >= 15 is 0 Å². The second-order valence-corrected chi connectivity index (χ2v) is 15.8. The number of nitriles is 4. The van der Waals surface area contributed by atoms with Gasteiger partial charge in [-0.2, -0.15) is 21.0 Å². The van der Waals surface area contributed by atoms with Crippen molar-refractivity contribution in [3.8, 4) is 24.3 Å². The first-order valence-corrected chi connectivity index (χ1v) is 22.4. The highest BCUT2D eigenvalue weighted by molar-refractivity contribution is 5.69. The Morgan fingerprint density at radius 2 is 0.679 bits per heavy atom. The molecule has 0 N–H and O–H groups in total. The minimum atomic E-state index is -0.211. The number of carbonyl (C=O) groups is 2. The van der Waals surface area contributed by atoms with Crippen LogP contribution in [0.3, 0.4) is 0 Å². The Bertz CT molecular complexity index is 1220. The fraction of sp³-hybridized carbons (Fsp3) is 0.750. The summed E-state index contributed by atoms with van der Waals surface area (Å²) in [5, 5.41) is 38.4. The molecule has 0 heterocycles. The van der Waals surface area contributed by atoms with Gasteiger partial charge in [-0.3, -0.25) is 9.59 Å². The fourth-order valence-corrected chi connectivity index (χ4v) is 7.24. The quantitative estimate of drug-likeness (QED) is 0.0483. The molecule has 0 fully saturated rings. The summed E-state index contributed by atoms with van der Waals surface area (Å²) in [6.07, 6.45) is 27.5. The first kappa shape index (κ1) is 50.1. The summed E-state index contributed by atoms with van der Waals surface area (Å²) in [6, 6.07) is 17.1. The van der Waals surface area contributed by atoms with E-state index < -0.39 is 0 Å². The molecule has 8 heteroatoms. The van der Waals surface area contributed by atoms with Crippen molar-refractivity contribution in [2.24, 2.45) is 23.7 Å². The van der Waals surface area contributed by atoms with E-state index in [2.05, 4.69) is 38.1 Å². The van der Waals surface area contributed by atoms with E-state index in [0.717, 1.165) is 127 Å². The lowest BCUT2D eigenvalue weighted by Crippen LogP contribution is -2.11. The summed E-state index contributed by atoms with van der Waals surface area (Å²) in [5.74, 6) is -1.13. The number of esters is 2. The lowest BCUT2D eigenvalue weighted by atomic mass is 9.86. The maximum Gasteiger partial charge on any atom is 0.306 e. The smallest absolute Gasteiger partial charge is 0.306 e. The van der Waals surface area contributed by atoms with Crippen LogP contribution in [0.25, 0.3) is 0 Å². The standard InChI is InChI=1S/C48H74N4O4/c1-3-5-7-9-13-19-25-43(35-49)45(37-51)27-21-15-11-17-23-29-47(53)55-39-41-31-33-42(34-32-41)40-56-48(54)30-24-18-12-16-22-28-46(38-52)44(36-50)26-20-14-10-8-6-4-2/h31-34,43-46H,3-30,39-40H2,1-2H3. The summed E-state index contributed by atoms with van der Waals surface area (Å²) in [7, 11) is 0. The highest BCUT2D eigenvalue weighted by Gasteiger charge is 2.21. The highest BCUT2D eigenvalue weighted by Crippen LogP contribution is 2.26. The zero-order valence-electron chi connectivity index (χ0n) is 35.3. The summed E-state index contributed by atoms with van der Waals surface area (Å²) < 4.78 is 10.9. The number of hydrogen-bond acceptors (Lipinski definition) is 8. The van der Waals surface area contributed by atoms with E-state index in [9.17, 15) is 30.6 Å². The third-order valence-corrected chi connectivity index (χ3v) is 11.0. The van der Waals surface area contributed by atoms with Crippen molar-refractivity contribution in [3.63, 3.8) is 0 Å². The van der Waals surface area contributed by atoms with Crippen molar-refractivity contribution in [1.29, 1.82) is 21.0 Å². The molecule has 0 aliphatic heterocycles. The molecule has 0 amide bonds. The average molecular weight is 771 g/mol. The van der Waals surface area contributed by atoms with E-state index in [1.54, 1.807) is 0 Å². The summed E-state index contributed by atoms with van der Waals surface area (Å²) in [6.45, 7) is 4.83. The second kappa shape index (κ2) is 35.5. The van der Waals surface area contributed by atoms with Crippen LogP contribution >= 0.6 is 0 Å². The van der Waals surface area contributed by atoms with E-state index in [4.69, 9.17) is 9.47 Å². The predicted molar refractivity (Wildman–Crippen MR) is 223 cm³/mol. The monoisotopic (exact) mass is 771 g/mol. The van der Waals surface area contributed by atoms with Gasteiger partial charge in [-0.1, -0.05) is 167 Å². The van der Waals surface area contributed by atoms with Crippen molar-refractivity contribution in [2.75, 3.05) is 0 Å². The molecule has 0 saturated heterocycles. The minimum absolute atomic E-state index is 0.168. The van der Waals surface area contributed by atoms with Crippen molar-refractivity contribution < 1.29 is 19.1 Å². The molecule has 0 saturated carbocycles. The van der Waals surface area contributed by atoms with Gasteiger partial charge in [0.25, 0.3) is 0 Å². The lowest BCUT2D eigenvalue weighted by molar-refractivity contribution is -0.146. The highest BCUT2D eigenvalue weighted by atomic mass is 16.5. The number of nitrogens with zero attached hydrogens (tertiary/aromatic N) is 4. The number of ether oxygens (including phenoxy) is 2. The molecule has 8 nitrogen and oxygen atoms in total. The Morgan fingerprint density at radius 3 is 0.946 bits per heavy atom. The molecule has 1 rings (SSSR count). The number of rotatable bonds is 36. The van der Waals surface area contributed by atoms with Gasteiger partial charge in [-0.25, -0.2) is 0 Å². The second-order valence-electron chi connectivity index (χ2n) is 15.8. The molecule has 0 aliphatic carbocycles. The van der Waals surface area contributed by atoms with Crippen LogP contribution in [-0.2, 0) is 32.3 Å². The van der Waals surface area contributed by atoms with E-state index in [1.807, 2.05) is 24.3 Å². The van der Waals surface area contributed by atoms with Gasteiger partial charge in [-0.15, -0.1) is 0 Å². The van der Waals surface area contributed by atoms with Crippen LogP contribution in [0.5, 0.6) is 0 Å². The summed E-state index contributed by atoms with van der Waals surface area (Å²) >= 11 is 0. The molecular weight excluding hydrogens is 697 g/mol. The lowest BCUT2D eigenvalue weighted by Gasteiger charge is -2.15. The van der Waals surface area contributed by atoms with E-state index in [0.29, 0.717) is 12.8 Å². The number of unbranched alkanes of at least 4 members (excludes halogenated alkanes) is 18. The Labute approximate surface area is 341 Å². The third kappa shape index (κ3) is 26.1. The SMILES string of the molecule is CCCCCCCCC(C#N)C(C#N)CCCCCCCC(=O)OCc1ccc(COC(=O)CCCCCCCC(C#N)C(C#N)CCCCCCCC)cc1. The Hall–Kier alpha value is -3.88. The molecule has 0 radical (unpaired) electrons. The van der Waals surface area contributed by atoms with Gasteiger partial charge in [0.2, 0.25) is 0 Å². The van der Waals surface area contributed by atoms with Crippen LogP contribution in [0.4, 0.5) is 0 Å². The van der Waals surface area contributed by atoms with Crippen LogP contribution < -0.4 is 0 Å². The average Bonchev–Trinajstić information content (AvgIpc) is 3.22. The maximum absolute atomic E-state index is 12.3. The zero-order chi connectivity index (χ0) is 40.9. The van der Waals surface area contributed by atoms with Gasteiger partial charge < -0.3 is 9.47 Å². The van der Waals surface area contributed by atoms with Crippen LogP contribution in [0.2, 0.25) is 0 Å². The molecule has 310 valence electrons. The molecule has 0 aromatic heterocycles. The largest absolute Gasteiger partial charge is 0.461 e. The Kier molecular flexibility index (Phi) is 31.8. The molecule has 1 aromatic rings. The molecule has 1 aromatic carbocycles.